The van der Waals surface area contributed by atoms with Crippen LogP contribution in [0.25, 0.3) is 0 Å². The molecule has 3 rings (SSSR count). The molecular formula is C14H20Cl2N2O. The fraction of sp³-hybridized carbons (Fsp3) is 0.500. The van der Waals surface area contributed by atoms with Gasteiger partial charge in [0.15, 0.2) is 0 Å². The highest BCUT2D eigenvalue weighted by Gasteiger charge is 2.19. The van der Waals surface area contributed by atoms with Crippen molar-refractivity contribution in [2.45, 2.75) is 31.6 Å². The van der Waals surface area contributed by atoms with Gasteiger partial charge in [0.2, 0.25) is 5.91 Å². The van der Waals surface area contributed by atoms with Crippen LogP contribution in [0.4, 0.5) is 5.69 Å². The lowest BCUT2D eigenvalue weighted by molar-refractivity contribution is -0.116. The third-order valence-electron chi connectivity index (χ3n) is 3.84. The third kappa shape index (κ3) is 3.62. The Balaban J connectivity index is 0.000000902. The van der Waals surface area contributed by atoms with E-state index in [1.54, 1.807) is 0 Å². The van der Waals surface area contributed by atoms with Gasteiger partial charge in [-0.15, -0.1) is 24.8 Å². The van der Waals surface area contributed by atoms with Crippen molar-refractivity contribution >= 4 is 36.4 Å². The first-order valence-electron chi connectivity index (χ1n) is 6.46. The molecule has 0 atom stereocenters. The van der Waals surface area contributed by atoms with Crippen molar-refractivity contribution in [1.82, 2.24) is 5.32 Å². The van der Waals surface area contributed by atoms with Crippen LogP contribution in [-0.2, 0) is 11.2 Å². The van der Waals surface area contributed by atoms with Crippen LogP contribution in [0.15, 0.2) is 18.2 Å². The number of nitrogens with one attached hydrogen (secondary N) is 2. The van der Waals surface area contributed by atoms with E-state index in [2.05, 4.69) is 28.8 Å². The van der Waals surface area contributed by atoms with E-state index in [0.717, 1.165) is 25.2 Å². The highest BCUT2D eigenvalue weighted by molar-refractivity contribution is 5.94. The molecule has 5 heteroatoms. The molecule has 3 nitrogen and oxygen atoms in total. The molecule has 2 aliphatic rings. The van der Waals surface area contributed by atoms with Crippen LogP contribution < -0.4 is 10.6 Å². The number of hydrogen-bond donors (Lipinski definition) is 2. The van der Waals surface area contributed by atoms with Crippen molar-refractivity contribution in [1.29, 1.82) is 0 Å². The van der Waals surface area contributed by atoms with Crippen LogP contribution in [0.3, 0.4) is 0 Å². The molecule has 0 spiro atoms. The van der Waals surface area contributed by atoms with E-state index < -0.39 is 0 Å². The Morgan fingerprint density at radius 3 is 2.53 bits per heavy atom. The fourth-order valence-corrected chi connectivity index (χ4v) is 2.80. The molecule has 2 aliphatic heterocycles. The largest absolute Gasteiger partial charge is 0.326 e. The standard InChI is InChI=1S/C14H18N2O.2ClH/c17-14-4-3-11-1-2-12(9-13(11)16-14)10-5-7-15-8-6-10;;/h1-2,9-10,15H,3-8H2,(H,16,17);2*1H. The normalized spacial score (nSPS) is 18.6. The van der Waals surface area contributed by atoms with E-state index in [-0.39, 0.29) is 30.7 Å². The number of carbonyl (C=O) groups is 1. The number of rotatable bonds is 1. The number of anilines is 1. The maximum absolute atomic E-state index is 11.4. The van der Waals surface area contributed by atoms with Gasteiger partial charge in [-0.1, -0.05) is 12.1 Å². The summed E-state index contributed by atoms with van der Waals surface area (Å²) in [6.45, 7) is 2.21. The molecule has 1 fully saturated rings. The summed E-state index contributed by atoms with van der Waals surface area (Å²) in [5.41, 5.74) is 3.70. The maximum Gasteiger partial charge on any atom is 0.224 e. The van der Waals surface area contributed by atoms with Gasteiger partial charge in [-0.25, -0.2) is 0 Å². The molecule has 1 saturated heterocycles. The number of benzene rings is 1. The molecule has 0 bridgehead atoms. The van der Waals surface area contributed by atoms with Crippen LogP contribution in [0, 0.1) is 0 Å². The monoisotopic (exact) mass is 302 g/mol. The highest BCUT2D eigenvalue weighted by Crippen LogP contribution is 2.30. The molecule has 0 aliphatic carbocycles. The molecule has 0 unspecified atom stereocenters. The van der Waals surface area contributed by atoms with Crippen LogP contribution >= 0.6 is 24.8 Å². The van der Waals surface area contributed by atoms with Gasteiger partial charge in [0.25, 0.3) is 0 Å². The van der Waals surface area contributed by atoms with Gasteiger partial charge in [-0.3, -0.25) is 4.79 Å². The quantitative estimate of drug-likeness (QED) is 0.837. The van der Waals surface area contributed by atoms with Crippen molar-refractivity contribution < 1.29 is 4.79 Å². The molecule has 2 heterocycles. The van der Waals surface area contributed by atoms with Gasteiger partial charge < -0.3 is 10.6 Å². The Hall–Kier alpha value is -0.770. The van der Waals surface area contributed by atoms with Crippen LogP contribution in [0.1, 0.15) is 36.3 Å². The second kappa shape index (κ2) is 7.13. The average Bonchev–Trinajstić information content (AvgIpc) is 2.39. The molecule has 106 valence electrons. The molecule has 0 aromatic heterocycles. The predicted molar refractivity (Wildman–Crippen MR) is 82.7 cm³/mol. The number of hydrogen-bond acceptors (Lipinski definition) is 2. The Morgan fingerprint density at radius 1 is 1.05 bits per heavy atom. The van der Waals surface area contributed by atoms with E-state index in [0.29, 0.717) is 12.3 Å². The zero-order chi connectivity index (χ0) is 11.7. The van der Waals surface area contributed by atoms with Gasteiger partial charge in [0.05, 0.1) is 0 Å². The van der Waals surface area contributed by atoms with Gasteiger partial charge in [-0.2, -0.15) is 0 Å². The zero-order valence-corrected chi connectivity index (χ0v) is 12.4. The van der Waals surface area contributed by atoms with E-state index in [4.69, 9.17) is 0 Å². The van der Waals surface area contributed by atoms with Crippen molar-refractivity contribution in [2.75, 3.05) is 18.4 Å². The summed E-state index contributed by atoms with van der Waals surface area (Å²) in [5.74, 6) is 0.806. The van der Waals surface area contributed by atoms with Gasteiger partial charge in [0, 0.05) is 12.1 Å². The van der Waals surface area contributed by atoms with E-state index in [1.165, 1.54) is 24.0 Å². The minimum Gasteiger partial charge on any atom is -0.326 e. The third-order valence-corrected chi connectivity index (χ3v) is 3.84. The SMILES string of the molecule is Cl.Cl.O=C1CCc2ccc(C3CCNCC3)cc2N1. The smallest absolute Gasteiger partial charge is 0.224 e. The van der Waals surface area contributed by atoms with Crippen LogP contribution in [0.2, 0.25) is 0 Å². The van der Waals surface area contributed by atoms with Gasteiger partial charge in [0.1, 0.15) is 0 Å². The Kier molecular flexibility index (Phi) is 6.11. The lowest BCUT2D eigenvalue weighted by Crippen LogP contribution is -2.27. The summed E-state index contributed by atoms with van der Waals surface area (Å²) in [4.78, 5) is 11.4. The summed E-state index contributed by atoms with van der Waals surface area (Å²) in [5, 5.41) is 6.37. The molecule has 19 heavy (non-hydrogen) atoms. The average molecular weight is 303 g/mol. The van der Waals surface area contributed by atoms with Crippen molar-refractivity contribution in [3.63, 3.8) is 0 Å². The number of piperidine rings is 1. The van der Waals surface area contributed by atoms with E-state index in [1.807, 2.05) is 0 Å². The number of aryl methyl sites for hydroxylation is 1. The first kappa shape index (κ1) is 16.3. The van der Waals surface area contributed by atoms with E-state index in [9.17, 15) is 4.79 Å². The Bertz CT molecular complexity index is 445. The predicted octanol–water partition coefficient (Wildman–Crippen LogP) is 2.88. The Morgan fingerprint density at radius 2 is 1.79 bits per heavy atom. The summed E-state index contributed by atoms with van der Waals surface area (Å²) in [7, 11) is 0. The minimum atomic E-state index is 0. The molecule has 0 saturated carbocycles. The number of halogens is 2. The van der Waals surface area contributed by atoms with E-state index >= 15 is 0 Å². The van der Waals surface area contributed by atoms with Crippen molar-refractivity contribution in [2.24, 2.45) is 0 Å². The summed E-state index contributed by atoms with van der Waals surface area (Å²) in [6, 6.07) is 6.61. The minimum absolute atomic E-state index is 0. The molecule has 0 radical (unpaired) electrons. The summed E-state index contributed by atoms with van der Waals surface area (Å²) >= 11 is 0. The number of amides is 1. The Labute approximate surface area is 126 Å². The first-order chi connectivity index (χ1) is 8.33. The second-order valence-electron chi connectivity index (χ2n) is 4.99. The summed E-state index contributed by atoms with van der Waals surface area (Å²) in [6.07, 6.45) is 3.91. The van der Waals surface area contributed by atoms with Gasteiger partial charge >= 0.3 is 0 Å². The first-order valence-corrected chi connectivity index (χ1v) is 6.46. The summed E-state index contributed by atoms with van der Waals surface area (Å²) < 4.78 is 0. The van der Waals surface area contributed by atoms with Crippen LogP contribution in [-0.4, -0.2) is 19.0 Å². The van der Waals surface area contributed by atoms with Gasteiger partial charge in [-0.05, 0) is 55.5 Å². The molecular weight excluding hydrogens is 283 g/mol. The topological polar surface area (TPSA) is 41.1 Å². The zero-order valence-electron chi connectivity index (χ0n) is 10.8. The number of fused-ring (bicyclic) bond motifs is 1. The fourth-order valence-electron chi connectivity index (χ4n) is 2.80. The lowest BCUT2D eigenvalue weighted by Gasteiger charge is -2.25. The lowest BCUT2D eigenvalue weighted by atomic mass is 9.88. The number of carbonyl (C=O) groups excluding carboxylic acids is 1. The maximum atomic E-state index is 11.4. The van der Waals surface area contributed by atoms with Crippen LogP contribution in [0.5, 0.6) is 0 Å². The molecule has 1 amide bonds. The highest BCUT2D eigenvalue weighted by atomic mass is 35.5. The second-order valence-corrected chi connectivity index (χ2v) is 4.99. The molecule has 1 aromatic carbocycles. The molecule has 2 N–H and O–H groups in total. The molecule has 1 aromatic rings. The van der Waals surface area contributed by atoms with Crippen molar-refractivity contribution in [3.05, 3.63) is 29.3 Å². The van der Waals surface area contributed by atoms with Crippen molar-refractivity contribution in [3.8, 4) is 0 Å².